The number of amides is 1. The molecule has 1 saturated heterocycles. The topological polar surface area (TPSA) is 59.4 Å². The van der Waals surface area contributed by atoms with E-state index in [0.717, 1.165) is 44.0 Å². The lowest BCUT2D eigenvalue weighted by atomic mass is 10.0. The molecule has 0 atom stereocenters. The Morgan fingerprint density at radius 3 is 2.38 bits per heavy atom. The summed E-state index contributed by atoms with van der Waals surface area (Å²) < 4.78 is 0. The van der Waals surface area contributed by atoms with Gasteiger partial charge in [0.1, 0.15) is 11.6 Å². The first-order valence-corrected chi connectivity index (χ1v) is 10.1. The monoisotopic (exact) mass is 388 g/mol. The molecule has 0 bridgehead atoms. The van der Waals surface area contributed by atoms with Gasteiger partial charge < -0.3 is 10.2 Å². The van der Waals surface area contributed by atoms with Gasteiger partial charge in [-0.3, -0.25) is 9.69 Å². The molecule has 1 aliphatic heterocycles. The van der Waals surface area contributed by atoms with Gasteiger partial charge >= 0.3 is 0 Å². The number of nitrogens with one attached hydrogen (secondary N) is 1. The Labute approximate surface area is 173 Å². The summed E-state index contributed by atoms with van der Waals surface area (Å²) >= 11 is 0. The minimum absolute atomic E-state index is 0.139. The van der Waals surface area contributed by atoms with Crippen molar-refractivity contribution in [1.82, 2.24) is 9.80 Å². The van der Waals surface area contributed by atoms with Crippen LogP contribution in [0.15, 0.2) is 66.4 Å². The van der Waals surface area contributed by atoms with Gasteiger partial charge in [0.15, 0.2) is 0 Å². The summed E-state index contributed by atoms with van der Waals surface area (Å²) in [7, 11) is 0. The molecule has 1 fully saturated rings. The summed E-state index contributed by atoms with van der Waals surface area (Å²) in [6, 6.07) is 20.2. The fraction of sp³-hybridized carbons (Fsp3) is 0.333. The van der Waals surface area contributed by atoms with E-state index >= 15 is 0 Å². The average Bonchev–Trinajstić information content (AvgIpc) is 2.74. The third-order valence-corrected chi connectivity index (χ3v) is 5.16. The maximum absolute atomic E-state index is 12.7. The summed E-state index contributed by atoms with van der Waals surface area (Å²) in [6.45, 7) is 8.50. The quantitative estimate of drug-likeness (QED) is 0.601. The standard InChI is InChI=1S/C24H28N4O/c1-19(2)22-10-6-7-11-23(22)26-24(29)21(16-25)18-28-14-12-27(13-15-28)17-20-8-4-3-5-9-20/h3-11,18-19H,12-15,17H2,1-2H3,(H,26,29)/b21-18-. The molecule has 5 nitrogen and oxygen atoms in total. The van der Waals surface area contributed by atoms with Crippen molar-refractivity contribution in [2.75, 3.05) is 31.5 Å². The van der Waals surface area contributed by atoms with Gasteiger partial charge in [0.2, 0.25) is 0 Å². The van der Waals surface area contributed by atoms with Gasteiger partial charge in [-0.25, -0.2) is 0 Å². The number of hydrogen-bond donors (Lipinski definition) is 1. The highest BCUT2D eigenvalue weighted by atomic mass is 16.1. The highest BCUT2D eigenvalue weighted by molar-refractivity contribution is 6.06. The Balaban J connectivity index is 1.59. The van der Waals surface area contributed by atoms with E-state index < -0.39 is 0 Å². The smallest absolute Gasteiger partial charge is 0.267 e. The minimum atomic E-state index is -0.354. The van der Waals surface area contributed by atoms with E-state index in [1.165, 1.54) is 5.56 Å². The third kappa shape index (κ3) is 5.69. The molecule has 0 aliphatic carbocycles. The Kier molecular flexibility index (Phi) is 7.04. The predicted molar refractivity (Wildman–Crippen MR) is 116 cm³/mol. The molecule has 1 heterocycles. The number of hydrogen-bond acceptors (Lipinski definition) is 4. The number of benzene rings is 2. The maximum atomic E-state index is 12.7. The lowest BCUT2D eigenvalue weighted by Crippen LogP contribution is -2.43. The number of anilines is 1. The van der Waals surface area contributed by atoms with Crippen molar-refractivity contribution < 1.29 is 4.79 Å². The summed E-state index contributed by atoms with van der Waals surface area (Å²) in [5, 5.41) is 12.4. The van der Waals surface area contributed by atoms with Gasteiger partial charge in [0.05, 0.1) is 0 Å². The van der Waals surface area contributed by atoms with Gasteiger partial charge in [-0.15, -0.1) is 0 Å². The highest BCUT2D eigenvalue weighted by Gasteiger charge is 2.18. The van der Waals surface area contributed by atoms with Gasteiger partial charge in [-0.05, 0) is 23.1 Å². The van der Waals surface area contributed by atoms with E-state index in [1.54, 1.807) is 6.20 Å². The van der Waals surface area contributed by atoms with Gasteiger partial charge in [0, 0.05) is 44.6 Å². The zero-order valence-electron chi connectivity index (χ0n) is 17.1. The van der Waals surface area contributed by atoms with E-state index in [1.807, 2.05) is 30.3 Å². The van der Waals surface area contributed by atoms with E-state index in [4.69, 9.17) is 0 Å². The van der Waals surface area contributed by atoms with Crippen molar-refractivity contribution in [3.63, 3.8) is 0 Å². The molecule has 29 heavy (non-hydrogen) atoms. The first-order valence-electron chi connectivity index (χ1n) is 10.1. The summed E-state index contributed by atoms with van der Waals surface area (Å²) in [5.74, 6) is -0.0639. The lowest BCUT2D eigenvalue weighted by molar-refractivity contribution is -0.112. The van der Waals surface area contributed by atoms with Crippen molar-refractivity contribution in [3.8, 4) is 6.07 Å². The molecule has 5 heteroatoms. The zero-order chi connectivity index (χ0) is 20.6. The number of nitrogens with zero attached hydrogens (tertiary/aromatic N) is 3. The van der Waals surface area contributed by atoms with Crippen LogP contribution in [0, 0.1) is 11.3 Å². The van der Waals surface area contributed by atoms with Crippen molar-refractivity contribution in [2.45, 2.75) is 26.3 Å². The van der Waals surface area contributed by atoms with Gasteiger partial charge in [0.25, 0.3) is 5.91 Å². The molecule has 0 saturated carbocycles. The molecule has 0 radical (unpaired) electrons. The van der Waals surface area contributed by atoms with Crippen LogP contribution in [0.2, 0.25) is 0 Å². The van der Waals surface area contributed by atoms with E-state index in [-0.39, 0.29) is 11.5 Å². The molecule has 0 aromatic heterocycles. The Morgan fingerprint density at radius 2 is 1.72 bits per heavy atom. The van der Waals surface area contributed by atoms with Gasteiger partial charge in [-0.1, -0.05) is 62.4 Å². The van der Waals surface area contributed by atoms with Gasteiger partial charge in [-0.2, -0.15) is 5.26 Å². The molecule has 1 amide bonds. The van der Waals surface area contributed by atoms with Crippen molar-refractivity contribution in [1.29, 1.82) is 5.26 Å². The molecular formula is C24H28N4O. The number of nitriles is 1. The minimum Gasteiger partial charge on any atom is -0.374 e. The number of carbonyl (C=O) groups is 1. The van der Waals surface area contributed by atoms with Crippen LogP contribution in [-0.2, 0) is 11.3 Å². The molecule has 150 valence electrons. The summed E-state index contributed by atoms with van der Waals surface area (Å²) in [6.07, 6.45) is 1.70. The predicted octanol–water partition coefficient (Wildman–Crippen LogP) is 3.97. The van der Waals surface area contributed by atoms with Crippen LogP contribution in [0.25, 0.3) is 0 Å². The van der Waals surface area contributed by atoms with Crippen LogP contribution >= 0.6 is 0 Å². The van der Waals surface area contributed by atoms with Crippen LogP contribution in [0.5, 0.6) is 0 Å². The molecule has 0 unspecified atom stereocenters. The fourth-order valence-corrected chi connectivity index (χ4v) is 3.52. The van der Waals surface area contributed by atoms with Crippen LogP contribution in [0.4, 0.5) is 5.69 Å². The summed E-state index contributed by atoms with van der Waals surface area (Å²) in [5.41, 5.74) is 3.27. The van der Waals surface area contributed by atoms with Crippen LogP contribution in [0.3, 0.4) is 0 Å². The van der Waals surface area contributed by atoms with Crippen molar-refractivity contribution in [2.24, 2.45) is 0 Å². The molecule has 2 aromatic carbocycles. The number of rotatable bonds is 6. The van der Waals surface area contributed by atoms with E-state index in [2.05, 4.69) is 59.3 Å². The second-order valence-corrected chi connectivity index (χ2v) is 7.65. The number of para-hydroxylation sites is 1. The van der Waals surface area contributed by atoms with E-state index in [0.29, 0.717) is 5.92 Å². The normalized spacial score (nSPS) is 15.2. The Hall–Kier alpha value is -3.10. The third-order valence-electron chi connectivity index (χ3n) is 5.16. The van der Waals surface area contributed by atoms with E-state index in [9.17, 15) is 10.1 Å². The Bertz CT molecular complexity index is 891. The molecular weight excluding hydrogens is 360 g/mol. The van der Waals surface area contributed by atoms with Crippen LogP contribution in [0.1, 0.15) is 30.9 Å². The second-order valence-electron chi connectivity index (χ2n) is 7.65. The lowest BCUT2D eigenvalue weighted by Gasteiger charge is -2.34. The summed E-state index contributed by atoms with van der Waals surface area (Å²) in [4.78, 5) is 17.1. The van der Waals surface area contributed by atoms with Crippen molar-refractivity contribution in [3.05, 3.63) is 77.5 Å². The second kappa shape index (κ2) is 9.90. The highest BCUT2D eigenvalue weighted by Crippen LogP contribution is 2.24. The molecule has 3 rings (SSSR count). The Morgan fingerprint density at radius 1 is 1.07 bits per heavy atom. The maximum Gasteiger partial charge on any atom is 0.267 e. The first kappa shape index (κ1) is 20.6. The van der Waals surface area contributed by atoms with Crippen LogP contribution < -0.4 is 5.32 Å². The molecule has 2 aromatic rings. The largest absolute Gasteiger partial charge is 0.374 e. The molecule has 1 N–H and O–H groups in total. The number of carbonyl (C=O) groups excluding carboxylic acids is 1. The fourth-order valence-electron chi connectivity index (χ4n) is 3.52. The number of piperazine rings is 1. The van der Waals surface area contributed by atoms with Crippen LogP contribution in [-0.4, -0.2) is 41.9 Å². The average molecular weight is 389 g/mol. The molecule has 0 spiro atoms. The SMILES string of the molecule is CC(C)c1ccccc1NC(=O)/C(C#N)=C\N1CCN(Cc2ccccc2)CC1. The van der Waals surface area contributed by atoms with Crippen molar-refractivity contribution >= 4 is 11.6 Å². The zero-order valence-corrected chi connectivity index (χ0v) is 17.1. The molecule has 1 aliphatic rings. The first-order chi connectivity index (χ1) is 14.1.